The quantitative estimate of drug-likeness (QED) is 0.807. The average molecular weight is 310 g/mol. The van der Waals surface area contributed by atoms with Crippen molar-refractivity contribution in [2.24, 2.45) is 0 Å². The second kappa shape index (κ2) is 6.01. The molecule has 2 heterocycles. The first-order valence-corrected chi connectivity index (χ1v) is 7.94. The largest absolute Gasteiger partial charge is 0.352 e. The minimum absolute atomic E-state index is 0.236. The number of nitrogens with one attached hydrogen (secondary N) is 1. The molecule has 1 aromatic heterocycles. The van der Waals surface area contributed by atoms with Gasteiger partial charge in [0.25, 0.3) is 0 Å². The summed E-state index contributed by atoms with van der Waals surface area (Å²) in [6.45, 7) is 4.87. The number of anilines is 1. The normalized spacial score (nSPS) is 16.1. The van der Waals surface area contributed by atoms with Gasteiger partial charge >= 0.3 is 0 Å². The fourth-order valence-corrected chi connectivity index (χ4v) is 3.18. The number of fused-ring (bicyclic) bond motifs is 1. The van der Waals surface area contributed by atoms with Gasteiger partial charge in [-0.3, -0.25) is 10.00 Å². The molecule has 4 nitrogen and oxygen atoms in total. The van der Waals surface area contributed by atoms with Crippen molar-refractivity contribution in [2.75, 3.05) is 31.1 Å². The van der Waals surface area contributed by atoms with Crippen LogP contribution < -0.4 is 4.90 Å². The van der Waals surface area contributed by atoms with Crippen molar-refractivity contribution in [3.05, 3.63) is 59.9 Å². The fourth-order valence-electron chi connectivity index (χ4n) is 3.18. The molecule has 2 aromatic carbocycles. The third-order valence-electron chi connectivity index (χ3n) is 4.43. The van der Waals surface area contributed by atoms with Crippen LogP contribution in [0.3, 0.4) is 0 Å². The number of nitrogens with zero attached hydrogens (tertiary/aromatic N) is 3. The number of benzene rings is 2. The second-order valence-corrected chi connectivity index (χ2v) is 5.99. The highest BCUT2D eigenvalue weighted by atomic mass is 19.1. The molecule has 5 heteroatoms. The maximum Gasteiger partial charge on any atom is 0.158 e. The molecule has 0 amide bonds. The zero-order valence-electron chi connectivity index (χ0n) is 12.9. The van der Waals surface area contributed by atoms with Gasteiger partial charge in [-0.25, -0.2) is 4.39 Å². The van der Waals surface area contributed by atoms with Crippen LogP contribution in [0.5, 0.6) is 0 Å². The van der Waals surface area contributed by atoms with Gasteiger partial charge in [0.05, 0.1) is 5.52 Å². The van der Waals surface area contributed by atoms with E-state index in [4.69, 9.17) is 0 Å². The Kier molecular flexibility index (Phi) is 3.71. The van der Waals surface area contributed by atoms with Gasteiger partial charge in [0, 0.05) is 38.1 Å². The molecule has 23 heavy (non-hydrogen) atoms. The SMILES string of the molecule is Fc1ccc2c(N3CCN(Cc4ccccc4)CC3)n[nH]c2c1. The van der Waals surface area contributed by atoms with Crippen molar-refractivity contribution < 1.29 is 4.39 Å². The first kappa shape index (κ1) is 14.2. The van der Waals surface area contributed by atoms with Crippen molar-refractivity contribution in [1.82, 2.24) is 15.1 Å². The van der Waals surface area contributed by atoms with Crippen LogP contribution >= 0.6 is 0 Å². The Bertz CT molecular complexity index is 791. The Morgan fingerprint density at radius 1 is 1.00 bits per heavy atom. The standard InChI is InChI=1S/C18H19FN4/c19-15-6-7-16-17(12-15)20-21-18(16)23-10-8-22(9-11-23)13-14-4-2-1-3-5-14/h1-7,12H,8-11,13H2,(H,20,21). The lowest BCUT2D eigenvalue weighted by molar-refractivity contribution is 0.249. The fraction of sp³-hybridized carbons (Fsp3) is 0.278. The highest BCUT2D eigenvalue weighted by molar-refractivity contribution is 5.90. The number of hydrogen-bond donors (Lipinski definition) is 1. The number of H-pyrrole nitrogens is 1. The predicted octanol–water partition coefficient (Wildman–Crippen LogP) is 3.02. The smallest absolute Gasteiger partial charge is 0.158 e. The summed E-state index contributed by atoms with van der Waals surface area (Å²) in [4.78, 5) is 4.73. The van der Waals surface area contributed by atoms with Crippen molar-refractivity contribution in [3.63, 3.8) is 0 Å². The van der Waals surface area contributed by atoms with Gasteiger partial charge in [0.1, 0.15) is 5.82 Å². The van der Waals surface area contributed by atoms with E-state index in [0.29, 0.717) is 0 Å². The molecule has 4 rings (SSSR count). The maximum absolute atomic E-state index is 13.3. The lowest BCUT2D eigenvalue weighted by Crippen LogP contribution is -2.46. The molecule has 1 aliphatic rings. The van der Waals surface area contributed by atoms with Crippen LogP contribution in [-0.4, -0.2) is 41.3 Å². The number of piperazine rings is 1. The summed E-state index contributed by atoms with van der Waals surface area (Å²) < 4.78 is 13.3. The minimum Gasteiger partial charge on any atom is -0.352 e. The van der Waals surface area contributed by atoms with Gasteiger partial charge in [-0.15, -0.1) is 0 Å². The summed E-state index contributed by atoms with van der Waals surface area (Å²) in [5, 5.41) is 8.31. The Morgan fingerprint density at radius 3 is 2.57 bits per heavy atom. The van der Waals surface area contributed by atoms with Crippen LogP contribution in [0.1, 0.15) is 5.56 Å². The summed E-state index contributed by atoms with van der Waals surface area (Å²) in [6, 6.07) is 15.3. The molecule has 0 saturated carbocycles. The summed E-state index contributed by atoms with van der Waals surface area (Å²) in [6.07, 6.45) is 0. The van der Waals surface area contributed by atoms with E-state index in [2.05, 4.69) is 44.3 Å². The van der Waals surface area contributed by atoms with E-state index in [9.17, 15) is 4.39 Å². The van der Waals surface area contributed by atoms with Crippen LogP contribution in [0.25, 0.3) is 10.9 Å². The van der Waals surface area contributed by atoms with Gasteiger partial charge in [-0.2, -0.15) is 5.10 Å². The molecule has 3 aromatic rings. The minimum atomic E-state index is -0.236. The Balaban J connectivity index is 1.44. The highest BCUT2D eigenvalue weighted by Gasteiger charge is 2.20. The van der Waals surface area contributed by atoms with Crippen LogP contribution in [0.4, 0.5) is 10.2 Å². The molecular weight excluding hydrogens is 291 g/mol. The Labute approximate surface area is 134 Å². The molecule has 1 saturated heterocycles. The van der Waals surface area contributed by atoms with Crippen molar-refractivity contribution >= 4 is 16.7 Å². The van der Waals surface area contributed by atoms with E-state index in [0.717, 1.165) is 49.4 Å². The molecule has 1 fully saturated rings. The summed E-state index contributed by atoms with van der Waals surface area (Å²) in [5.74, 6) is 0.694. The average Bonchev–Trinajstić information content (AvgIpc) is 2.99. The lowest BCUT2D eigenvalue weighted by atomic mass is 10.2. The Morgan fingerprint density at radius 2 is 1.78 bits per heavy atom. The molecule has 0 atom stereocenters. The van der Waals surface area contributed by atoms with Gasteiger partial charge in [0.2, 0.25) is 0 Å². The lowest BCUT2D eigenvalue weighted by Gasteiger charge is -2.35. The molecule has 118 valence electrons. The first-order valence-electron chi connectivity index (χ1n) is 7.94. The van der Waals surface area contributed by atoms with Gasteiger partial charge < -0.3 is 4.90 Å². The molecule has 1 N–H and O–H groups in total. The molecule has 0 spiro atoms. The topological polar surface area (TPSA) is 35.2 Å². The van der Waals surface area contributed by atoms with E-state index < -0.39 is 0 Å². The second-order valence-electron chi connectivity index (χ2n) is 5.99. The zero-order chi connectivity index (χ0) is 15.6. The van der Waals surface area contributed by atoms with Crippen LogP contribution in [0, 0.1) is 5.82 Å². The zero-order valence-corrected chi connectivity index (χ0v) is 12.9. The summed E-state index contributed by atoms with van der Waals surface area (Å²) >= 11 is 0. The first-order chi connectivity index (χ1) is 11.3. The monoisotopic (exact) mass is 310 g/mol. The van der Waals surface area contributed by atoms with Crippen LogP contribution in [-0.2, 0) is 6.54 Å². The van der Waals surface area contributed by atoms with Crippen molar-refractivity contribution in [2.45, 2.75) is 6.54 Å². The molecule has 0 bridgehead atoms. The molecule has 0 unspecified atom stereocenters. The Hall–Kier alpha value is -2.40. The predicted molar refractivity (Wildman–Crippen MR) is 90.0 cm³/mol. The number of aromatic amines is 1. The van der Waals surface area contributed by atoms with E-state index in [-0.39, 0.29) is 5.82 Å². The van der Waals surface area contributed by atoms with Gasteiger partial charge in [-0.05, 0) is 23.8 Å². The number of hydrogen-bond acceptors (Lipinski definition) is 3. The van der Waals surface area contributed by atoms with Gasteiger partial charge in [0.15, 0.2) is 5.82 Å². The molecule has 0 aliphatic carbocycles. The number of rotatable bonds is 3. The molecular formula is C18H19FN4. The third kappa shape index (κ3) is 2.92. The number of aromatic nitrogens is 2. The van der Waals surface area contributed by atoms with Gasteiger partial charge in [-0.1, -0.05) is 30.3 Å². The number of halogens is 1. The summed E-state index contributed by atoms with van der Waals surface area (Å²) in [5.41, 5.74) is 2.10. The molecule has 0 radical (unpaired) electrons. The van der Waals surface area contributed by atoms with E-state index in [1.54, 1.807) is 6.07 Å². The van der Waals surface area contributed by atoms with Crippen LogP contribution in [0.15, 0.2) is 48.5 Å². The van der Waals surface area contributed by atoms with Crippen LogP contribution in [0.2, 0.25) is 0 Å². The van der Waals surface area contributed by atoms with E-state index in [1.165, 1.54) is 17.7 Å². The highest BCUT2D eigenvalue weighted by Crippen LogP contribution is 2.25. The van der Waals surface area contributed by atoms with Crippen molar-refractivity contribution in [1.29, 1.82) is 0 Å². The molecule has 1 aliphatic heterocycles. The van der Waals surface area contributed by atoms with E-state index >= 15 is 0 Å². The maximum atomic E-state index is 13.3. The summed E-state index contributed by atoms with van der Waals surface area (Å²) in [7, 11) is 0. The van der Waals surface area contributed by atoms with Crippen molar-refractivity contribution in [3.8, 4) is 0 Å². The third-order valence-corrected chi connectivity index (χ3v) is 4.43. The van der Waals surface area contributed by atoms with E-state index in [1.807, 2.05) is 6.07 Å².